The fraction of sp³-hybridized carbons (Fsp3) is 0.652. The third-order valence-electron chi connectivity index (χ3n) is 7.25. The molecule has 8 heteroatoms. The highest BCUT2D eigenvalue weighted by molar-refractivity contribution is 5.95. The van der Waals surface area contributed by atoms with Crippen molar-refractivity contribution in [2.75, 3.05) is 65.4 Å². The van der Waals surface area contributed by atoms with E-state index >= 15 is 0 Å². The van der Waals surface area contributed by atoms with Crippen LogP contribution in [0.4, 0.5) is 14.9 Å². The van der Waals surface area contributed by atoms with Gasteiger partial charge in [-0.25, -0.2) is 9.18 Å². The summed E-state index contributed by atoms with van der Waals surface area (Å²) in [7, 11) is 5.06. The van der Waals surface area contributed by atoms with Crippen LogP contribution in [0.25, 0.3) is 0 Å². The van der Waals surface area contributed by atoms with Crippen LogP contribution in [0.15, 0.2) is 18.2 Å². The zero-order chi connectivity index (χ0) is 22.2. The van der Waals surface area contributed by atoms with Gasteiger partial charge in [-0.05, 0) is 62.5 Å². The van der Waals surface area contributed by atoms with Crippen LogP contribution in [0.3, 0.4) is 0 Å². The molecule has 3 heterocycles. The van der Waals surface area contributed by atoms with Crippen LogP contribution < -0.4 is 4.90 Å². The number of piperidine rings is 2. The number of methoxy groups -OCH3 is 1. The van der Waals surface area contributed by atoms with Gasteiger partial charge in [0.2, 0.25) is 5.91 Å². The lowest BCUT2D eigenvalue weighted by Gasteiger charge is -2.45. The molecule has 170 valence electrons. The van der Waals surface area contributed by atoms with E-state index in [0.29, 0.717) is 12.6 Å². The molecular weight excluding hydrogens is 399 g/mol. The maximum Gasteiger partial charge on any atom is 0.323 e. The molecule has 4 rings (SSSR count). The van der Waals surface area contributed by atoms with Crippen molar-refractivity contribution >= 4 is 17.6 Å². The Kier molecular flexibility index (Phi) is 6.21. The molecule has 0 aliphatic carbocycles. The third-order valence-corrected chi connectivity index (χ3v) is 7.25. The molecular formula is C23H33FN4O3. The lowest BCUT2D eigenvalue weighted by Crippen LogP contribution is -2.53. The van der Waals surface area contributed by atoms with E-state index in [2.05, 4.69) is 4.90 Å². The van der Waals surface area contributed by atoms with Gasteiger partial charge in [-0.3, -0.25) is 9.69 Å². The molecule has 1 aromatic carbocycles. The summed E-state index contributed by atoms with van der Waals surface area (Å²) in [6, 6.07) is 5.24. The Morgan fingerprint density at radius 1 is 1.16 bits per heavy atom. The van der Waals surface area contributed by atoms with Crippen molar-refractivity contribution in [1.29, 1.82) is 0 Å². The molecule has 7 nitrogen and oxygen atoms in total. The second kappa shape index (κ2) is 8.74. The van der Waals surface area contributed by atoms with Gasteiger partial charge >= 0.3 is 6.03 Å². The average Bonchev–Trinajstić information content (AvgIpc) is 3.07. The minimum absolute atomic E-state index is 0.0553. The summed E-state index contributed by atoms with van der Waals surface area (Å²) in [5.74, 6) is -0.179. The van der Waals surface area contributed by atoms with Crippen LogP contribution in [0.1, 0.15) is 31.2 Å². The number of nitrogens with zero attached hydrogens (tertiary/aromatic N) is 4. The molecule has 3 amide bonds. The fourth-order valence-electron chi connectivity index (χ4n) is 5.49. The Labute approximate surface area is 183 Å². The van der Waals surface area contributed by atoms with Gasteiger partial charge in [-0.1, -0.05) is 0 Å². The van der Waals surface area contributed by atoms with E-state index in [1.54, 1.807) is 38.2 Å². The average molecular weight is 433 g/mol. The summed E-state index contributed by atoms with van der Waals surface area (Å²) in [5.41, 5.74) is 1.63. The number of carbonyl (C=O) groups is 2. The van der Waals surface area contributed by atoms with Gasteiger partial charge in [0.25, 0.3) is 0 Å². The summed E-state index contributed by atoms with van der Waals surface area (Å²) in [4.78, 5) is 32.6. The Hall–Kier alpha value is -2.19. The lowest BCUT2D eigenvalue weighted by molar-refractivity contribution is -0.136. The molecule has 0 radical (unpaired) electrons. The molecule has 2 fully saturated rings. The van der Waals surface area contributed by atoms with Gasteiger partial charge in [0.05, 0.1) is 0 Å². The number of amides is 3. The zero-order valence-electron chi connectivity index (χ0n) is 18.8. The highest BCUT2D eigenvalue weighted by Crippen LogP contribution is 2.48. The molecule has 3 aliphatic rings. The topological polar surface area (TPSA) is 56.3 Å². The minimum Gasteiger partial charge on any atom is -0.375 e. The van der Waals surface area contributed by atoms with Crippen LogP contribution >= 0.6 is 0 Å². The second-order valence-corrected chi connectivity index (χ2v) is 9.29. The maximum absolute atomic E-state index is 14.1. The van der Waals surface area contributed by atoms with E-state index in [1.807, 2.05) is 9.80 Å². The summed E-state index contributed by atoms with van der Waals surface area (Å²) < 4.78 is 19.1. The number of likely N-dealkylation sites (tertiary alicyclic amines) is 2. The second-order valence-electron chi connectivity index (χ2n) is 9.29. The Balaban J connectivity index is 1.43. The molecule has 31 heavy (non-hydrogen) atoms. The number of ether oxygens (including phenoxy) is 1. The van der Waals surface area contributed by atoms with Crippen molar-refractivity contribution in [3.8, 4) is 0 Å². The van der Waals surface area contributed by atoms with Crippen molar-refractivity contribution in [1.82, 2.24) is 14.7 Å². The molecule has 1 spiro atoms. The molecule has 2 saturated heterocycles. The number of carbonyl (C=O) groups excluding carboxylic acids is 2. The third kappa shape index (κ3) is 4.15. The van der Waals surface area contributed by atoms with E-state index in [0.717, 1.165) is 63.1 Å². The van der Waals surface area contributed by atoms with Crippen LogP contribution in [-0.4, -0.2) is 93.2 Å². The summed E-state index contributed by atoms with van der Waals surface area (Å²) in [5, 5.41) is 0. The van der Waals surface area contributed by atoms with Crippen LogP contribution in [0.5, 0.6) is 0 Å². The lowest BCUT2D eigenvalue weighted by atomic mass is 9.74. The Bertz CT molecular complexity index is 830. The van der Waals surface area contributed by atoms with E-state index < -0.39 is 0 Å². The quantitative estimate of drug-likeness (QED) is 0.736. The molecule has 0 saturated carbocycles. The predicted octanol–water partition coefficient (Wildman–Crippen LogP) is 2.30. The summed E-state index contributed by atoms with van der Waals surface area (Å²) in [6.45, 7) is 4.16. The van der Waals surface area contributed by atoms with Crippen LogP contribution in [0.2, 0.25) is 0 Å². The fourth-order valence-corrected chi connectivity index (χ4v) is 5.49. The van der Waals surface area contributed by atoms with Crippen LogP contribution in [0, 0.1) is 5.82 Å². The van der Waals surface area contributed by atoms with Crippen molar-refractivity contribution in [3.05, 3.63) is 29.6 Å². The predicted molar refractivity (Wildman–Crippen MR) is 117 cm³/mol. The monoisotopic (exact) mass is 432 g/mol. The van der Waals surface area contributed by atoms with Gasteiger partial charge in [0.1, 0.15) is 12.4 Å². The van der Waals surface area contributed by atoms with E-state index in [1.165, 1.54) is 6.07 Å². The molecule has 3 aliphatic heterocycles. The highest BCUT2D eigenvalue weighted by Gasteiger charge is 2.47. The van der Waals surface area contributed by atoms with Gasteiger partial charge < -0.3 is 19.4 Å². The normalized spacial score (nSPS) is 21.4. The van der Waals surface area contributed by atoms with E-state index in [4.69, 9.17) is 4.74 Å². The highest BCUT2D eigenvalue weighted by atomic mass is 19.1. The number of halogens is 1. The maximum atomic E-state index is 14.1. The SMILES string of the molecule is COCC(=O)N1CCC(N2CCC3(CC2)CN(C(=O)N(C)C)c2ccc(F)cc23)CC1. The largest absolute Gasteiger partial charge is 0.375 e. The first-order valence-electron chi connectivity index (χ1n) is 11.1. The number of anilines is 1. The van der Waals surface area contributed by atoms with Gasteiger partial charge in [0.15, 0.2) is 0 Å². The van der Waals surface area contributed by atoms with Gasteiger partial charge in [-0.15, -0.1) is 0 Å². The first-order chi connectivity index (χ1) is 14.8. The van der Waals surface area contributed by atoms with Crippen molar-refractivity contribution in [2.24, 2.45) is 0 Å². The number of benzene rings is 1. The minimum atomic E-state index is -0.243. The van der Waals surface area contributed by atoms with Gasteiger partial charge in [0, 0.05) is 58.0 Å². The number of urea groups is 1. The zero-order valence-corrected chi connectivity index (χ0v) is 18.8. The van der Waals surface area contributed by atoms with Crippen molar-refractivity contribution in [3.63, 3.8) is 0 Å². The van der Waals surface area contributed by atoms with Crippen molar-refractivity contribution in [2.45, 2.75) is 37.1 Å². The first-order valence-corrected chi connectivity index (χ1v) is 11.1. The standard InChI is InChI=1S/C23H33FN4O3/c1-25(2)22(30)28-16-23(19-14-17(24)4-5-20(19)28)8-12-26(13-9-23)18-6-10-27(11-7-18)21(29)15-31-3/h4-5,14,18H,6-13,15-16H2,1-3H3. The molecule has 0 N–H and O–H groups in total. The van der Waals surface area contributed by atoms with Crippen LogP contribution in [-0.2, 0) is 14.9 Å². The number of rotatable bonds is 3. The molecule has 0 unspecified atom stereocenters. The first kappa shape index (κ1) is 22.0. The smallest absolute Gasteiger partial charge is 0.323 e. The van der Waals surface area contributed by atoms with E-state index in [-0.39, 0.29) is 29.8 Å². The summed E-state index contributed by atoms with van der Waals surface area (Å²) >= 11 is 0. The number of fused-ring (bicyclic) bond motifs is 2. The Morgan fingerprint density at radius 3 is 2.45 bits per heavy atom. The Morgan fingerprint density at radius 2 is 1.84 bits per heavy atom. The molecule has 1 aromatic rings. The number of hydrogen-bond donors (Lipinski definition) is 0. The van der Waals surface area contributed by atoms with Gasteiger partial charge in [-0.2, -0.15) is 0 Å². The molecule has 0 aromatic heterocycles. The summed E-state index contributed by atoms with van der Waals surface area (Å²) in [6.07, 6.45) is 3.75. The van der Waals surface area contributed by atoms with Crippen molar-refractivity contribution < 1.29 is 18.7 Å². The molecule has 0 atom stereocenters. The number of hydrogen-bond acceptors (Lipinski definition) is 4. The van der Waals surface area contributed by atoms with E-state index in [9.17, 15) is 14.0 Å². The molecule has 0 bridgehead atoms.